The summed E-state index contributed by atoms with van der Waals surface area (Å²) in [5, 5.41) is 3.41. The number of aromatic nitrogens is 4. The third-order valence-electron chi connectivity index (χ3n) is 5.33. The standard InChI is InChI=1S/C17H25N5O/c1-3-9-21-16-13(19-14(20-16)11-7-5-6-8-11)15-18-10-12(4-2)22(15)17(21)23/h11-12,18H,3-10H2,1-2H3. The third-order valence-corrected chi connectivity index (χ3v) is 5.33. The van der Waals surface area contributed by atoms with E-state index in [4.69, 9.17) is 9.97 Å². The van der Waals surface area contributed by atoms with E-state index >= 15 is 0 Å². The number of anilines is 1. The van der Waals surface area contributed by atoms with Crippen molar-refractivity contribution < 1.29 is 0 Å². The first-order chi connectivity index (χ1) is 11.2. The van der Waals surface area contributed by atoms with Gasteiger partial charge in [-0.2, -0.15) is 0 Å². The molecule has 3 heterocycles. The lowest BCUT2D eigenvalue weighted by Crippen LogP contribution is -2.33. The van der Waals surface area contributed by atoms with E-state index in [0.29, 0.717) is 12.5 Å². The van der Waals surface area contributed by atoms with Gasteiger partial charge in [-0.05, 0) is 25.7 Å². The predicted molar refractivity (Wildman–Crippen MR) is 90.2 cm³/mol. The molecule has 0 saturated heterocycles. The lowest BCUT2D eigenvalue weighted by Gasteiger charge is -2.16. The van der Waals surface area contributed by atoms with Crippen LogP contribution in [0.4, 0.5) is 5.82 Å². The molecule has 4 rings (SSSR count). The number of nitrogens with zero attached hydrogens (tertiary/aromatic N) is 4. The molecule has 0 spiro atoms. The van der Waals surface area contributed by atoms with E-state index in [1.165, 1.54) is 25.7 Å². The van der Waals surface area contributed by atoms with Crippen molar-refractivity contribution in [3.05, 3.63) is 16.3 Å². The van der Waals surface area contributed by atoms with Crippen LogP contribution in [0, 0.1) is 0 Å². The molecular formula is C17H25N5O. The lowest BCUT2D eigenvalue weighted by atomic mass is 10.1. The second-order valence-electron chi connectivity index (χ2n) is 6.83. The molecule has 1 N–H and O–H groups in total. The van der Waals surface area contributed by atoms with Crippen molar-refractivity contribution in [2.24, 2.45) is 0 Å². The minimum Gasteiger partial charge on any atom is -0.367 e. The Labute approximate surface area is 136 Å². The third kappa shape index (κ3) is 2.18. The first-order valence-corrected chi connectivity index (χ1v) is 9.01. The minimum absolute atomic E-state index is 0.0593. The lowest BCUT2D eigenvalue weighted by molar-refractivity contribution is 0.495. The van der Waals surface area contributed by atoms with E-state index in [-0.39, 0.29) is 11.7 Å². The fraction of sp³-hybridized carbons (Fsp3) is 0.706. The molecule has 1 aliphatic carbocycles. The van der Waals surface area contributed by atoms with Crippen molar-refractivity contribution in [2.45, 2.75) is 70.9 Å². The Kier molecular flexibility index (Phi) is 3.62. The molecule has 4 aliphatic rings. The van der Waals surface area contributed by atoms with Crippen LogP contribution in [0.15, 0.2) is 4.79 Å². The van der Waals surface area contributed by atoms with Crippen LogP contribution in [0.25, 0.3) is 11.5 Å². The first-order valence-electron chi connectivity index (χ1n) is 9.01. The van der Waals surface area contributed by atoms with Crippen LogP contribution in [0.3, 0.4) is 0 Å². The first kappa shape index (κ1) is 14.7. The fourth-order valence-corrected chi connectivity index (χ4v) is 4.06. The SMILES string of the molecule is CCCn1c2nc(C3CCCC3)nc-2c2n(c1=O)C(CC)CN2. The average molecular weight is 315 g/mol. The Bertz CT molecular complexity index is 740. The van der Waals surface area contributed by atoms with Gasteiger partial charge >= 0.3 is 5.69 Å². The van der Waals surface area contributed by atoms with Gasteiger partial charge in [0.25, 0.3) is 0 Å². The monoisotopic (exact) mass is 315 g/mol. The number of rotatable bonds is 4. The molecule has 1 fully saturated rings. The Morgan fingerprint density at radius 1 is 1.22 bits per heavy atom. The zero-order chi connectivity index (χ0) is 16.0. The summed E-state index contributed by atoms with van der Waals surface area (Å²) in [4.78, 5) is 22.6. The molecule has 1 saturated carbocycles. The van der Waals surface area contributed by atoms with Crippen LogP contribution < -0.4 is 11.0 Å². The Morgan fingerprint density at radius 3 is 2.70 bits per heavy atom. The summed E-state index contributed by atoms with van der Waals surface area (Å²) in [6.07, 6.45) is 6.75. The normalized spacial score (nSPS) is 21.0. The largest absolute Gasteiger partial charge is 0.367 e. The van der Waals surface area contributed by atoms with E-state index in [9.17, 15) is 4.79 Å². The quantitative estimate of drug-likeness (QED) is 0.942. The van der Waals surface area contributed by atoms with Crippen LogP contribution in [0.2, 0.25) is 0 Å². The van der Waals surface area contributed by atoms with Crippen molar-refractivity contribution in [1.82, 2.24) is 19.1 Å². The summed E-state index contributed by atoms with van der Waals surface area (Å²) in [7, 11) is 0. The molecular weight excluding hydrogens is 290 g/mol. The number of hydrogen-bond donors (Lipinski definition) is 1. The highest BCUT2D eigenvalue weighted by atomic mass is 16.1. The van der Waals surface area contributed by atoms with Gasteiger partial charge in [0.15, 0.2) is 5.82 Å². The highest BCUT2D eigenvalue weighted by Crippen LogP contribution is 2.38. The van der Waals surface area contributed by atoms with Crippen molar-refractivity contribution in [2.75, 3.05) is 11.9 Å². The van der Waals surface area contributed by atoms with Gasteiger partial charge in [-0.1, -0.05) is 26.7 Å². The Morgan fingerprint density at radius 2 is 2.00 bits per heavy atom. The summed E-state index contributed by atoms with van der Waals surface area (Å²) >= 11 is 0. The van der Waals surface area contributed by atoms with Crippen molar-refractivity contribution in [3.63, 3.8) is 0 Å². The average Bonchev–Trinajstić information content (AvgIpc) is 3.28. The van der Waals surface area contributed by atoms with Gasteiger partial charge in [0.1, 0.15) is 17.3 Å². The highest BCUT2D eigenvalue weighted by Gasteiger charge is 2.33. The van der Waals surface area contributed by atoms with Crippen LogP contribution in [-0.2, 0) is 6.54 Å². The maximum absolute atomic E-state index is 13.0. The van der Waals surface area contributed by atoms with Gasteiger partial charge in [0.2, 0.25) is 0 Å². The van der Waals surface area contributed by atoms with Gasteiger partial charge in [0.05, 0.1) is 6.04 Å². The van der Waals surface area contributed by atoms with E-state index in [2.05, 4.69) is 19.2 Å². The number of fused-ring (bicyclic) bond motifs is 3. The molecule has 124 valence electrons. The summed E-state index contributed by atoms with van der Waals surface area (Å²) in [5.41, 5.74) is 0.944. The fourth-order valence-electron chi connectivity index (χ4n) is 4.06. The van der Waals surface area contributed by atoms with Gasteiger partial charge < -0.3 is 5.32 Å². The number of nitrogens with one attached hydrogen (secondary N) is 1. The molecule has 3 aliphatic heterocycles. The Balaban J connectivity index is 1.93. The maximum Gasteiger partial charge on any atom is 0.331 e. The Hall–Kier alpha value is -1.85. The van der Waals surface area contributed by atoms with Gasteiger partial charge in [-0.3, -0.25) is 9.13 Å². The van der Waals surface area contributed by atoms with Crippen LogP contribution in [0.5, 0.6) is 0 Å². The topological polar surface area (TPSA) is 64.7 Å². The molecule has 6 heteroatoms. The smallest absolute Gasteiger partial charge is 0.331 e. The van der Waals surface area contributed by atoms with E-state index in [0.717, 1.165) is 42.5 Å². The van der Waals surface area contributed by atoms with Gasteiger partial charge in [-0.15, -0.1) is 0 Å². The van der Waals surface area contributed by atoms with E-state index in [1.54, 1.807) is 0 Å². The van der Waals surface area contributed by atoms with E-state index < -0.39 is 0 Å². The molecule has 0 aromatic carbocycles. The number of imidazole rings is 1. The summed E-state index contributed by atoms with van der Waals surface area (Å²) in [6.45, 7) is 5.74. The molecule has 0 bridgehead atoms. The predicted octanol–water partition coefficient (Wildman–Crippen LogP) is 2.99. The van der Waals surface area contributed by atoms with Gasteiger partial charge in [-0.25, -0.2) is 14.8 Å². The second-order valence-corrected chi connectivity index (χ2v) is 6.83. The zero-order valence-corrected chi connectivity index (χ0v) is 14.0. The maximum atomic E-state index is 13.0. The van der Waals surface area contributed by atoms with Gasteiger partial charge in [0, 0.05) is 19.0 Å². The van der Waals surface area contributed by atoms with Crippen molar-refractivity contribution in [3.8, 4) is 11.5 Å². The van der Waals surface area contributed by atoms with Crippen molar-refractivity contribution >= 4 is 5.82 Å². The second kappa shape index (κ2) is 5.65. The molecule has 0 amide bonds. The summed E-state index contributed by atoms with van der Waals surface area (Å²) < 4.78 is 3.74. The molecule has 1 unspecified atom stereocenters. The van der Waals surface area contributed by atoms with Crippen LogP contribution in [-0.4, -0.2) is 25.6 Å². The zero-order valence-electron chi connectivity index (χ0n) is 14.0. The summed E-state index contributed by atoms with van der Waals surface area (Å²) in [6, 6.07) is 0.219. The molecule has 1 atom stereocenters. The summed E-state index contributed by atoms with van der Waals surface area (Å²) in [5.74, 6) is 3.06. The van der Waals surface area contributed by atoms with Crippen LogP contribution >= 0.6 is 0 Å². The molecule has 0 aromatic heterocycles. The molecule has 6 nitrogen and oxygen atoms in total. The molecule has 0 radical (unpaired) electrons. The highest BCUT2D eigenvalue weighted by molar-refractivity contribution is 5.69. The van der Waals surface area contributed by atoms with E-state index in [1.807, 2.05) is 9.13 Å². The molecule has 0 aromatic rings. The van der Waals surface area contributed by atoms with Crippen LogP contribution in [0.1, 0.15) is 70.2 Å². The van der Waals surface area contributed by atoms with Crippen molar-refractivity contribution in [1.29, 1.82) is 0 Å². The molecule has 23 heavy (non-hydrogen) atoms. The minimum atomic E-state index is 0.0593. The number of hydrogen-bond acceptors (Lipinski definition) is 4.